The van der Waals surface area contributed by atoms with Gasteiger partial charge in [-0.05, 0) is 48.9 Å². The molecule has 3 rings (SSSR count). The van der Waals surface area contributed by atoms with Crippen molar-refractivity contribution in [2.24, 2.45) is 0 Å². The minimum absolute atomic E-state index is 0.164. The van der Waals surface area contributed by atoms with Crippen molar-refractivity contribution in [3.05, 3.63) is 59.2 Å². The molecule has 0 aliphatic carbocycles. The predicted octanol–water partition coefficient (Wildman–Crippen LogP) is 4.87. The summed E-state index contributed by atoms with van der Waals surface area (Å²) < 4.78 is 37.8. The van der Waals surface area contributed by atoms with E-state index in [-0.39, 0.29) is 16.9 Å². The molecule has 0 atom stereocenters. The number of hydrogen-bond donors (Lipinski definition) is 1. The van der Waals surface area contributed by atoms with E-state index in [4.69, 9.17) is 14.3 Å². The summed E-state index contributed by atoms with van der Waals surface area (Å²) in [4.78, 5) is 11.0. The number of carbonyl (C=O) groups is 1. The first-order valence-electron chi connectivity index (χ1n) is 7.37. The second kappa shape index (κ2) is 6.39. The Morgan fingerprint density at radius 3 is 2.40 bits per heavy atom. The third-order valence-electron chi connectivity index (χ3n) is 3.69. The second-order valence-corrected chi connectivity index (χ2v) is 5.54. The van der Waals surface area contributed by atoms with Gasteiger partial charge in [0, 0.05) is 22.6 Å². The zero-order valence-electron chi connectivity index (χ0n) is 13.5. The average molecular weight is 344 g/mol. The van der Waals surface area contributed by atoms with E-state index in [1.165, 1.54) is 32.2 Å². The fraction of sp³-hybridized carbons (Fsp3) is 0.105. The number of halogens is 2. The van der Waals surface area contributed by atoms with Gasteiger partial charge in [-0.2, -0.15) is 0 Å². The maximum atomic E-state index is 13.4. The fourth-order valence-electron chi connectivity index (χ4n) is 2.53. The fourth-order valence-corrected chi connectivity index (χ4v) is 2.53. The molecule has 0 spiro atoms. The largest absolute Gasteiger partial charge is 0.493 e. The molecule has 0 fully saturated rings. The number of carboxylic acids is 1. The van der Waals surface area contributed by atoms with Crippen LogP contribution in [0, 0.1) is 11.6 Å². The van der Waals surface area contributed by atoms with Crippen LogP contribution in [0.5, 0.6) is 5.75 Å². The SMILES string of the molecule is COc1cc(/C=C(\C)C(=O)O)cc2cc(-c3cc(F)cc(F)c3)oc12. The zero-order chi connectivity index (χ0) is 18.1. The molecule has 4 nitrogen and oxygen atoms in total. The Hall–Kier alpha value is -3.15. The van der Waals surface area contributed by atoms with Gasteiger partial charge in [0.05, 0.1) is 7.11 Å². The molecule has 0 radical (unpaired) electrons. The summed E-state index contributed by atoms with van der Waals surface area (Å²) in [5.41, 5.74) is 1.45. The summed E-state index contributed by atoms with van der Waals surface area (Å²) in [5.74, 6) is -1.76. The van der Waals surface area contributed by atoms with Gasteiger partial charge >= 0.3 is 5.97 Å². The number of hydrogen-bond acceptors (Lipinski definition) is 3. The second-order valence-electron chi connectivity index (χ2n) is 5.54. The van der Waals surface area contributed by atoms with Gasteiger partial charge in [0.15, 0.2) is 11.3 Å². The van der Waals surface area contributed by atoms with Gasteiger partial charge in [0.2, 0.25) is 0 Å². The van der Waals surface area contributed by atoms with Crippen LogP contribution in [-0.2, 0) is 4.79 Å². The van der Waals surface area contributed by atoms with E-state index in [9.17, 15) is 13.6 Å². The van der Waals surface area contributed by atoms with Gasteiger partial charge in [-0.1, -0.05) is 0 Å². The Balaban J connectivity index is 2.16. The molecule has 0 amide bonds. The van der Waals surface area contributed by atoms with E-state index in [1.807, 2.05) is 0 Å². The number of ether oxygens (including phenoxy) is 1. The Kier molecular flexibility index (Phi) is 4.27. The van der Waals surface area contributed by atoms with Crippen molar-refractivity contribution in [3.8, 4) is 17.1 Å². The third-order valence-corrected chi connectivity index (χ3v) is 3.69. The quantitative estimate of drug-likeness (QED) is 0.686. The lowest BCUT2D eigenvalue weighted by molar-refractivity contribution is -0.132. The standard InChI is InChI=1S/C19H14F2O4/c1-10(19(22)23)3-11-4-13-8-16(25-18(13)17(5-11)24-2)12-6-14(20)9-15(21)7-12/h3-9H,1-2H3,(H,22,23)/b10-3+. The van der Waals surface area contributed by atoms with Crippen LogP contribution in [0.15, 0.2) is 46.4 Å². The number of carboxylic acid groups (broad SMARTS) is 1. The Labute approximate surface area is 141 Å². The number of furan rings is 1. The highest BCUT2D eigenvalue weighted by atomic mass is 19.1. The summed E-state index contributed by atoms with van der Waals surface area (Å²) in [6.45, 7) is 1.48. The smallest absolute Gasteiger partial charge is 0.331 e. The number of methoxy groups -OCH3 is 1. The number of rotatable bonds is 4. The molecule has 0 saturated heterocycles. The molecule has 1 aromatic heterocycles. The predicted molar refractivity (Wildman–Crippen MR) is 89.4 cm³/mol. The van der Waals surface area contributed by atoms with Crippen LogP contribution < -0.4 is 4.74 Å². The van der Waals surface area contributed by atoms with E-state index < -0.39 is 17.6 Å². The molecule has 128 valence electrons. The monoisotopic (exact) mass is 344 g/mol. The first kappa shape index (κ1) is 16.7. The number of benzene rings is 2. The minimum atomic E-state index is -1.03. The van der Waals surface area contributed by atoms with Crippen LogP contribution in [0.4, 0.5) is 8.78 Å². The lowest BCUT2D eigenvalue weighted by Gasteiger charge is -2.03. The maximum Gasteiger partial charge on any atom is 0.331 e. The molecule has 2 aromatic carbocycles. The average Bonchev–Trinajstić information content (AvgIpc) is 2.97. The highest BCUT2D eigenvalue weighted by Gasteiger charge is 2.14. The van der Waals surface area contributed by atoms with Crippen LogP contribution >= 0.6 is 0 Å². The Bertz CT molecular complexity index is 982. The van der Waals surface area contributed by atoms with Crippen molar-refractivity contribution in [2.75, 3.05) is 7.11 Å². The van der Waals surface area contributed by atoms with E-state index in [2.05, 4.69) is 0 Å². The first-order valence-corrected chi connectivity index (χ1v) is 7.37. The van der Waals surface area contributed by atoms with Gasteiger partial charge < -0.3 is 14.3 Å². The normalized spacial score (nSPS) is 11.8. The highest BCUT2D eigenvalue weighted by molar-refractivity contribution is 5.94. The molecule has 25 heavy (non-hydrogen) atoms. The van der Waals surface area contributed by atoms with Gasteiger partial charge in [0.25, 0.3) is 0 Å². The van der Waals surface area contributed by atoms with Gasteiger partial charge in [-0.3, -0.25) is 0 Å². The van der Waals surface area contributed by atoms with Crippen molar-refractivity contribution >= 4 is 23.0 Å². The van der Waals surface area contributed by atoms with E-state index in [0.29, 0.717) is 22.3 Å². The molecule has 0 aliphatic rings. The lowest BCUT2D eigenvalue weighted by Crippen LogP contribution is -1.95. The van der Waals surface area contributed by atoms with Crippen molar-refractivity contribution in [2.45, 2.75) is 6.92 Å². The van der Waals surface area contributed by atoms with Gasteiger partial charge in [-0.25, -0.2) is 13.6 Å². The molecular formula is C19H14F2O4. The molecular weight excluding hydrogens is 330 g/mol. The van der Waals surface area contributed by atoms with Crippen LogP contribution in [0.3, 0.4) is 0 Å². The number of aliphatic carboxylic acids is 1. The van der Waals surface area contributed by atoms with Crippen molar-refractivity contribution < 1.29 is 27.8 Å². The van der Waals surface area contributed by atoms with E-state index in [0.717, 1.165) is 6.07 Å². The third kappa shape index (κ3) is 3.38. The summed E-state index contributed by atoms with van der Waals surface area (Å²) in [7, 11) is 1.45. The van der Waals surface area contributed by atoms with Crippen LogP contribution in [0.1, 0.15) is 12.5 Å². The zero-order valence-corrected chi connectivity index (χ0v) is 13.5. The van der Waals surface area contributed by atoms with Crippen LogP contribution in [0.25, 0.3) is 28.4 Å². The van der Waals surface area contributed by atoms with Crippen molar-refractivity contribution in [1.82, 2.24) is 0 Å². The molecule has 1 N–H and O–H groups in total. The van der Waals surface area contributed by atoms with Crippen molar-refractivity contribution in [3.63, 3.8) is 0 Å². The van der Waals surface area contributed by atoms with Crippen molar-refractivity contribution in [1.29, 1.82) is 0 Å². The van der Waals surface area contributed by atoms with Crippen LogP contribution in [0.2, 0.25) is 0 Å². The van der Waals surface area contributed by atoms with Crippen LogP contribution in [-0.4, -0.2) is 18.2 Å². The first-order chi connectivity index (χ1) is 11.9. The summed E-state index contributed by atoms with van der Waals surface area (Å²) in [6.07, 6.45) is 1.50. The molecule has 6 heteroatoms. The topological polar surface area (TPSA) is 59.7 Å². The molecule has 0 saturated carbocycles. The van der Waals surface area contributed by atoms with E-state index >= 15 is 0 Å². The summed E-state index contributed by atoms with van der Waals surface area (Å²) in [5, 5.41) is 9.63. The van der Waals surface area contributed by atoms with Gasteiger partial charge in [0.1, 0.15) is 17.4 Å². The summed E-state index contributed by atoms with van der Waals surface area (Å²) in [6, 6.07) is 8.09. The van der Waals surface area contributed by atoms with E-state index in [1.54, 1.807) is 18.2 Å². The molecule has 3 aromatic rings. The van der Waals surface area contributed by atoms with Gasteiger partial charge in [-0.15, -0.1) is 0 Å². The number of fused-ring (bicyclic) bond motifs is 1. The Morgan fingerprint density at radius 2 is 1.80 bits per heavy atom. The molecule has 0 bridgehead atoms. The minimum Gasteiger partial charge on any atom is -0.493 e. The molecule has 0 unspecified atom stereocenters. The molecule has 0 aliphatic heterocycles. The summed E-state index contributed by atoms with van der Waals surface area (Å²) >= 11 is 0. The highest BCUT2D eigenvalue weighted by Crippen LogP contribution is 2.35. The lowest BCUT2D eigenvalue weighted by atomic mass is 10.1. The molecule has 1 heterocycles. The Morgan fingerprint density at radius 1 is 1.12 bits per heavy atom. The maximum absolute atomic E-state index is 13.4.